The Bertz CT molecular complexity index is 1250. The molecule has 5 aromatic rings. The van der Waals surface area contributed by atoms with Gasteiger partial charge < -0.3 is 0 Å². The van der Waals surface area contributed by atoms with Gasteiger partial charge in [0.1, 0.15) is 5.82 Å². The summed E-state index contributed by atoms with van der Waals surface area (Å²) in [6.45, 7) is 2.15. The van der Waals surface area contributed by atoms with Crippen LogP contribution >= 0.6 is 0 Å². The molecule has 0 unspecified atom stereocenters. The summed E-state index contributed by atoms with van der Waals surface area (Å²) in [5.74, 6) is 0.962. The fourth-order valence-corrected chi connectivity index (χ4v) is 3.75. The lowest BCUT2D eigenvalue weighted by atomic mass is 9.99. The molecule has 28 heavy (non-hydrogen) atoms. The lowest BCUT2D eigenvalue weighted by molar-refractivity contribution is 1.10. The molecule has 0 saturated heterocycles. The highest BCUT2D eigenvalue weighted by Crippen LogP contribution is 2.30. The molecule has 1 aromatic heterocycles. The molecule has 0 atom stereocenters. The topological polar surface area (TPSA) is 17.8 Å². The van der Waals surface area contributed by atoms with E-state index in [0.717, 1.165) is 28.1 Å². The molecule has 0 bridgehead atoms. The quantitative estimate of drug-likeness (QED) is 0.351. The molecule has 0 amide bonds. The van der Waals surface area contributed by atoms with E-state index in [4.69, 9.17) is 4.98 Å². The predicted octanol–water partition coefficient (Wildman–Crippen LogP) is 6.67. The van der Waals surface area contributed by atoms with Crippen LogP contribution < -0.4 is 0 Å². The molecule has 0 aliphatic heterocycles. The van der Waals surface area contributed by atoms with Crippen LogP contribution in [0.2, 0.25) is 0 Å². The van der Waals surface area contributed by atoms with Crippen molar-refractivity contribution in [1.29, 1.82) is 0 Å². The van der Waals surface area contributed by atoms with Crippen LogP contribution in [0.4, 0.5) is 0 Å². The first-order valence-electron chi connectivity index (χ1n) is 9.50. The van der Waals surface area contributed by atoms with Crippen LogP contribution in [0.5, 0.6) is 0 Å². The van der Waals surface area contributed by atoms with Gasteiger partial charge in [0.15, 0.2) is 0 Å². The number of aryl methyl sites for hydroxylation is 1. The molecule has 0 radical (unpaired) electrons. The largest absolute Gasteiger partial charge is 0.292 e. The molecule has 0 N–H and O–H groups in total. The van der Waals surface area contributed by atoms with Gasteiger partial charge >= 0.3 is 0 Å². The lowest BCUT2D eigenvalue weighted by Crippen LogP contribution is -1.97. The summed E-state index contributed by atoms with van der Waals surface area (Å²) in [5.41, 5.74) is 8.13. The van der Waals surface area contributed by atoms with Crippen LogP contribution in [0, 0.1) is 6.92 Å². The molecule has 0 aliphatic carbocycles. The van der Waals surface area contributed by atoms with Crippen LogP contribution in [-0.4, -0.2) is 9.55 Å². The van der Waals surface area contributed by atoms with Gasteiger partial charge in [-0.1, -0.05) is 78.9 Å². The highest BCUT2D eigenvalue weighted by Gasteiger charge is 2.14. The molecule has 134 valence electrons. The third kappa shape index (κ3) is 2.80. The molecular weight excluding hydrogens is 340 g/mol. The van der Waals surface area contributed by atoms with Gasteiger partial charge in [-0.05, 0) is 47.9 Å². The van der Waals surface area contributed by atoms with Crippen molar-refractivity contribution in [3.63, 3.8) is 0 Å². The summed E-state index contributed by atoms with van der Waals surface area (Å²) in [5, 5.41) is 0. The minimum atomic E-state index is 0.962. The minimum Gasteiger partial charge on any atom is -0.292 e. The van der Waals surface area contributed by atoms with Crippen molar-refractivity contribution in [2.24, 2.45) is 0 Å². The Labute approximate surface area is 164 Å². The molecule has 4 aromatic carbocycles. The number of hydrogen-bond donors (Lipinski definition) is 0. The minimum absolute atomic E-state index is 0.962. The smallest absolute Gasteiger partial charge is 0.145 e. The molecule has 2 nitrogen and oxygen atoms in total. The zero-order valence-corrected chi connectivity index (χ0v) is 15.7. The maximum atomic E-state index is 4.94. The first-order chi connectivity index (χ1) is 13.8. The van der Waals surface area contributed by atoms with Gasteiger partial charge in [-0.3, -0.25) is 4.57 Å². The Morgan fingerprint density at radius 3 is 2.04 bits per heavy atom. The second-order valence-electron chi connectivity index (χ2n) is 6.99. The average molecular weight is 360 g/mol. The van der Waals surface area contributed by atoms with E-state index in [1.165, 1.54) is 16.7 Å². The van der Waals surface area contributed by atoms with Crippen LogP contribution in [0.3, 0.4) is 0 Å². The summed E-state index contributed by atoms with van der Waals surface area (Å²) in [6.07, 6.45) is 0. The van der Waals surface area contributed by atoms with E-state index in [1.54, 1.807) is 0 Å². The van der Waals surface area contributed by atoms with Crippen LogP contribution in [0.1, 0.15) is 5.56 Å². The van der Waals surface area contributed by atoms with Crippen LogP contribution in [0.25, 0.3) is 39.2 Å². The van der Waals surface area contributed by atoms with Crippen molar-refractivity contribution >= 4 is 11.0 Å². The van der Waals surface area contributed by atoms with E-state index in [0.29, 0.717) is 0 Å². The van der Waals surface area contributed by atoms with Crippen molar-refractivity contribution < 1.29 is 0 Å². The molecule has 2 heteroatoms. The summed E-state index contributed by atoms with van der Waals surface area (Å²) in [7, 11) is 0. The second-order valence-corrected chi connectivity index (χ2v) is 6.99. The molecule has 0 fully saturated rings. The monoisotopic (exact) mass is 360 g/mol. The Morgan fingerprint density at radius 2 is 1.25 bits per heavy atom. The number of fused-ring (bicyclic) bond motifs is 1. The van der Waals surface area contributed by atoms with E-state index in [1.807, 2.05) is 12.1 Å². The fourth-order valence-electron chi connectivity index (χ4n) is 3.75. The fraction of sp³-hybridized carbons (Fsp3) is 0.0385. The van der Waals surface area contributed by atoms with Crippen molar-refractivity contribution in [3.8, 4) is 28.2 Å². The highest BCUT2D eigenvalue weighted by atomic mass is 15.1. The van der Waals surface area contributed by atoms with Gasteiger partial charge in [-0.15, -0.1) is 0 Å². The summed E-state index contributed by atoms with van der Waals surface area (Å²) in [6, 6.07) is 35.9. The first kappa shape index (κ1) is 16.5. The third-order valence-corrected chi connectivity index (χ3v) is 5.17. The van der Waals surface area contributed by atoms with Crippen molar-refractivity contribution in [2.75, 3.05) is 0 Å². The Balaban J connectivity index is 1.67. The number of hydrogen-bond acceptors (Lipinski definition) is 1. The molecule has 0 spiro atoms. The Morgan fingerprint density at radius 1 is 0.607 bits per heavy atom. The summed E-state index contributed by atoms with van der Waals surface area (Å²) in [4.78, 5) is 4.94. The number of para-hydroxylation sites is 3. The van der Waals surface area contributed by atoms with Gasteiger partial charge in [0.05, 0.1) is 11.0 Å². The Hall–Kier alpha value is -3.65. The van der Waals surface area contributed by atoms with E-state index < -0.39 is 0 Å². The number of nitrogens with zero attached hydrogens (tertiary/aromatic N) is 2. The number of aromatic nitrogens is 2. The van der Waals surface area contributed by atoms with Gasteiger partial charge in [0.2, 0.25) is 0 Å². The van der Waals surface area contributed by atoms with Crippen molar-refractivity contribution in [1.82, 2.24) is 9.55 Å². The SMILES string of the molecule is Cc1ccccc1-c1ccc(-c2nc3ccccc3n2-c2ccccc2)cc1. The third-order valence-electron chi connectivity index (χ3n) is 5.17. The van der Waals surface area contributed by atoms with Crippen molar-refractivity contribution in [2.45, 2.75) is 6.92 Å². The van der Waals surface area contributed by atoms with Gasteiger partial charge in [0.25, 0.3) is 0 Å². The number of imidazole rings is 1. The molecule has 0 aliphatic rings. The predicted molar refractivity (Wildman–Crippen MR) is 117 cm³/mol. The second kappa shape index (κ2) is 6.82. The molecule has 1 heterocycles. The normalized spacial score (nSPS) is 11.0. The van der Waals surface area contributed by atoms with E-state index in [2.05, 4.69) is 102 Å². The van der Waals surface area contributed by atoms with Crippen LogP contribution in [-0.2, 0) is 0 Å². The van der Waals surface area contributed by atoms with E-state index >= 15 is 0 Å². The van der Waals surface area contributed by atoms with Gasteiger partial charge in [-0.25, -0.2) is 4.98 Å². The lowest BCUT2D eigenvalue weighted by Gasteiger charge is -2.11. The average Bonchev–Trinajstić information content (AvgIpc) is 3.14. The van der Waals surface area contributed by atoms with Crippen molar-refractivity contribution in [3.05, 3.63) is 109 Å². The summed E-state index contributed by atoms with van der Waals surface area (Å²) >= 11 is 0. The maximum absolute atomic E-state index is 4.94. The maximum Gasteiger partial charge on any atom is 0.145 e. The number of benzene rings is 4. The standard InChI is InChI=1S/C26H20N2/c1-19-9-5-6-12-23(19)20-15-17-21(18-16-20)26-27-24-13-7-8-14-25(24)28(26)22-10-3-2-4-11-22/h2-18H,1H3. The molecule has 5 rings (SSSR count). The summed E-state index contributed by atoms with van der Waals surface area (Å²) < 4.78 is 2.23. The van der Waals surface area contributed by atoms with Gasteiger partial charge in [0, 0.05) is 11.3 Å². The zero-order valence-electron chi connectivity index (χ0n) is 15.7. The van der Waals surface area contributed by atoms with E-state index in [9.17, 15) is 0 Å². The molecular formula is C26H20N2. The Kier molecular flexibility index (Phi) is 4.02. The van der Waals surface area contributed by atoms with E-state index in [-0.39, 0.29) is 0 Å². The first-order valence-corrected chi connectivity index (χ1v) is 9.50. The zero-order chi connectivity index (χ0) is 18.9. The molecule has 0 saturated carbocycles. The number of rotatable bonds is 3. The highest BCUT2D eigenvalue weighted by molar-refractivity contribution is 5.83. The van der Waals surface area contributed by atoms with Crippen LogP contribution in [0.15, 0.2) is 103 Å². The van der Waals surface area contributed by atoms with Gasteiger partial charge in [-0.2, -0.15) is 0 Å².